The molecule has 0 radical (unpaired) electrons. The van der Waals surface area contributed by atoms with Gasteiger partial charge in [0.05, 0.1) is 26.7 Å². The van der Waals surface area contributed by atoms with Crippen molar-refractivity contribution in [3.63, 3.8) is 0 Å². The van der Waals surface area contributed by atoms with E-state index in [4.69, 9.17) is 14.7 Å². The van der Waals surface area contributed by atoms with Crippen molar-refractivity contribution in [2.75, 3.05) is 21.3 Å². The van der Waals surface area contributed by atoms with Gasteiger partial charge in [-0.3, -0.25) is 4.79 Å². The number of nitriles is 1. The van der Waals surface area contributed by atoms with Gasteiger partial charge in [-0.15, -0.1) is 0 Å². The Kier molecular flexibility index (Phi) is 6.28. The van der Waals surface area contributed by atoms with E-state index in [1.807, 2.05) is 19.1 Å². The smallest absolute Gasteiger partial charge is 0.246 e. The SMILES string of the molecule is COc1cc(/C=C\C(=O)N(C)[C@H](C)CC#N)cc(OC)c1. The van der Waals surface area contributed by atoms with Gasteiger partial charge < -0.3 is 14.4 Å². The highest BCUT2D eigenvalue weighted by molar-refractivity contribution is 5.91. The number of likely N-dealkylation sites (N-methyl/N-ethyl adjacent to an activating group) is 1. The highest BCUT2D eigenvalue weighted by Crippen LogP contribution is 2.23. The van der Waals surface area contributed by atoms with Crippen LogP contribution < -0.4 is 9.47 Å². The van der Waals surface area contributed by atoms with E-state index in [0.29, 0.717) is 17.9 Å². The van der Waals surface area contributed by atoms with Crippen molar-refractivity contribution in [3.8, 4) is 17.6 Å². The average Bonchev–Trinajstić information content (AvgIpc) is 2.51. The molecule has 112 valence electrons. The van der Waals surface area contributed by atoms with Crippen molar-refractivity contribution in [1.29, 1.82) is 5.26 Å². The van der Waals surface area contributed by atoms with Gasteiger partial charge in [0.25, 0.3) is 0 Å². The Bertz CT molecular complexity index is 539. The van der Waals surface area contributed by atoms with Gasteiger partial charge in [-0.25, -0.2) is 0 Å². The minimum absolute atomic E-state index is 0.119. The number of hydrogen-bond donors (Lipinski definition) is 0. The second-order valence-electron chi connectivity index (χ2n) is 4.64. The number of nitrogens with zero attached hydrogens (tertiary/aromatic N) is 2. The summed E-state index contributed by atoms with van der Waals surface area (Å²) in [5.74, 6) is 1.17. The summed E-state index contributed by atoms with van der Waals surface area (Å²) < 4.78 is 10.4. The third-order valence-corrected chi connectivity index (χ3v) is 3.19. The molecule has 0 spiro atoms. The molecule has 1 atom stereocenters. The summed E-state index contributed by atoms with van der Waals surface area (Å²) in [5.41, 5.74) is 0.806. The molecule has 0 unspecified atom stereocenters. The van der Waals surface area contributed by atoms with E-state index in [0.717, 1.165) is 5.56 Å². The van der Waals surface area contributed by atoms with Crippen LogP contribution in [0.1, 0.15) is 18.9 Å². The molecule has 0 aliphatic carbocycles. The lowest BCUT2D eigenvalue weighted by atomic mass is 10.1. The quantitative estimate of drug-likeness (QED) is 0.754. The summed E-state index contributed by atoms with van der Waals surface area (Å²) in [6, 6.07) is 7.32. The maximum Gasteiger partial charge on any atom is 0.246 e. The molecule has 0 fully saturated rings. The van der Waals surface area contributed by atoms with E-state index in [1.165, 1.54) is 11.0 Å². The predicted octanol–water partition coefficient (Wildman–Crippen LogP) is 2.48. The first-order chi connectivity index (χ1) is 10.0. The van der Waals surface area contributed by atoms with E-state index in [9.17, 15) is 4.79 Å². The fourth-order valence-corrected chi connectivity index (χ4v) is 1.70. The van der Waals surface area contributed by atoms with Crippen LogP contribution in [-0.4, -0.2) is 38.1 Å². The van der Waals surface area contributed by atoms with Gasteiger partial charge in [0.2, 0.25) is 5.91 Å². The monoisotopic (exact) mass is 288 g/mol. The van der Waals surface area contributed by atoms with Gasteiger partial charge in [-0.1, -0.05) is 0 Å². The second-order valence-corrected chi connectivity index (χ2v) is 4.64. The summed E-state index contributed by atoms with van der Waals surface area (Å²) in [4.78, 5) is 13.5. The van der Waals surface area contributed by atoms with Crippen molar-refractivity contribution in [2.24, 2.45) is 0 Å². The Hall–Kier alpha value is -2.48. The summed E-state index contributed by atoms with van der Waals surface area (Å²) in [6.45, 7) is 1.84. The molecule has 1 amide bonds. The minimum atomic E-state index is -0.153. The van der Waals surface area contributed by atoms with Gasteiger partial charge in [-0.2, -0.15) is 5.26 Å². The van der Waals surface area contributed by atoms with Crippen LogP contribution in [0.4, 0.5) is 0 Å². The van der Waals surface area contributed by atoms with Gasteiger partial charge in [-0.05, 0) is 30.7 Å². The summed E-state index contributed by atoms with van der Waals surface area (Å²) in [5, 5.41) is 8.66. The lowest BCUT2D eigenvalue weighted by Gasteiger charge is -2.21. The largest absolute Gasteiger partial charge is 0.497 e. The van der Waals surface area contributed by atoms with E-state index >= 15 is 0 Å². The number of methoxy groups -OCH3 is 2. The second kappa shape index (κ2) is 7.95. The Morgan fingerprint density at radius 3 is 2.38 bits per heavy atom. The molecular weight excluding hydrogens is 268 g/mol. The fraction of sp³-hybridized carbons (Fsp3) is 0.375. The number of rotatable bonds is 6. The lowest BCUT2D eigenvalue weighted by molar-refractivity contribution is -0.126. The van der Waals surface area contributed by atoms with Crippen LogP contribution in [0.3, 0.4) is 0 Å². The Morgan fingerprint density at radius 2 is 1.90 bits per heavy atom. The van der Waals surface area contributed by atoms with Crippen LogP contribution >= 0.6 is 0 Å². The first-order valence-corrected chi connectivity index (χ1v) is 6.56. The Morgan fingerprint density at radius 1 is 1.33 bits per heavy atom. The third kappa shape index (κ3) is 4.84. The molecule has 0 heterocycles. The molecule has 1 aromatic rings. The highest BCUT2D eigenvalue weighted by Gasteiger charge is 2.12. The normalized spacial score (nSPS) is 11.8. The maximum atomic E-state index is 12.0. The number of carbonyl (C=O) groups excluding carboxylic acids is 1. The van der Waals surface area contributed by atoms with Gasteiger partial charge >= 0.3 is 0 Å². The molecule has 0 saturated heterocycles. The summed E-state index contributed by atoms with van der Waals surface area (Å²) in [6.07, 6.45) is 3.48. The first kappa shape index (κ1) is 16.6. The molecule has 0 bridgehead atoms. The zero-order valence-electron chi connectivity index (χ0n) is 12.8. The van der Waals surface area contributed by atoms with E-state index in [-0.39, 0.29) is 11.9 Å². The number of amides is 1. The molecule has 0 saturated carbocycles. The lowest BCUT2D eigenvalue weighted by Crippen LogP contribution is -2.33. The van der Waals surface area contributed by atoms with Crippen LogP contribution in [0.15, 0.2) is 24.3 Å². The highest BCUT2D eigenvalue weighted by atomic mass is 16.5. The zero-order valence-corrected chi connectivity index (χ0v) is 12.8. The maximum absolute atomic E-state index is 12.0. The zero-order chi connectivity index (χ0) is 15.8. The molecule has 5 nitrogen and oxygen atoms in total. The molecule has 0 aliphatic rings. The molecular formula is C16H20N2O3. The van der Waals surface area contributed by atoms with E-state index in [2.05, 4.69) is 6.07 Å². The van der Waals surface area contributed by atoms with Crippen LogP contribution in [0.2, 0.25) is 0 Å². The Balaban J connectivity index is 2.85. The number of hydrogen-bond acceptors (Lipinski definition) is 4. The van der Waals surface area contributed by atoms with Gasteiger partial charge in [0.15, 0.2) is 0 Å². The third-order valence-electron chi connectivity index (χ3n) is 3.19. The average molecular weight is 288 g/mol. The standard InChI is InChI=1S/C16H20N2O3/c1-12(7-8-17)18(2)16(19)6-5-13-9-14(20-3)11-15(10-13)21-4/h5-6,9-12H,7H2,1-4H3/b6-5-/t12-/m1/s1. The molecule has 0 aliphatic heterocycles. The minimum Gasteiger partial charge on any atom is -0.497 e. The van der Waals surface area contributed by atoms with Crippen molar-refractivity contribution < 1.29 is 14.3 Å². The molecule has 1 aromatic carbocycles. The van der Waals surface area contributed by atoms with Gasteiger partial charge in [0, 0.05) is 25.2 Å². The summed E-state index contributed by atoms with van der Waals surface area (Å²) in [7, 11) is 4.83. The molecule has 5 heteroatoms. The fourth-order valence-electron chi connectivity index (χ4n) is 1.70. The number of carbonyl (C=O) groups is 1. The van der Waals surface area contributed by atoms with E-state index in [1.54, 1.807) is 33.4 Å². The van der Waals surface area contributed by atoms with Crippen LogP contribution in [0, 0.1) is 11.3 Å². The molecule has 21 heavy (non-hydrogen) atoms. The van der Waals surface area contributed by atoms with E-state index < -0.39 is 0 Å². The van der Waals surface area contributed by atoms with Crippen LogP contribution in [0.5, 0.6) is 11.5 Å². The number of ether oxygens (including phenoxy) is 2. The Labute approximate surface area is 125 Å². The summed E-state index contributed by atoms with van der Waals surface area (Å²) >= 11 is 0. The van der Waals surface area contributed by atoms with Crippen molar-refractivity contribution >= 4 is 12.0 Å². The molecule has 1 rings (SSSR count). The predicted molar refractivity (Wildman–Crippen MR) is 81.0 cm³/mol. The van der Waals surface area contributed by atoms with Gasteiger partial charge in [0.1, 0.15) is 11.5 Å². The number of benzene rings is 1. The topological polar surface area (TPSA) is 62.6 Å². The molecule has 0 aromatic heterocycles. The van der Waals surface area contributed by atoms with Crippen LogP contribution in [0.25, 0.3) is 6.08 Å². The molecule has 0 N–H and O–H groups in total. The first-order valence-electron chi connectivity index (χ1n) is 6.56. The van der Waals surface area contributed by atoms with Crippen molar-refractivity contribution in [2.45, 2.75) is 19.4 Å². The van der Waals surface area contributed by atoms with Crippen molar-refractivity contribution in [3.05, 3.63) is 29.8 Å². The van der Waals surface area contributed by atoms with Crippen molar-refractivity contribution in [1.82, 2.24) is 4.90 Å². The van der Waals surface area contributed by atoms with Crippen LogP contribution in [-0.2, 0) is 4.79 Å².